The quantitative estimate of drug-likeness (QED) is 0.0580. The van der Waals surface area contributed by atoms with Crippen LogP contribution in [-0.4, -0.2) is 67.8 Å². The Bertz CT molecular complexity index is 1880. The molecule has 2 amide bonds. The Balaban J connectivity index is 1.06. The van der Waals surface area contributed by atoms with Crippen LogP contribution in [0.3, 0.4) is 0 Å². The number of nitrogens with two attached hydrogens (primary N) is 1. The fraction of sp³-hybridized carbons (Fsp3) is 0.341. The summed E-state index contributed by atoms with van der Waals surface area (Å²) < 4.78 is 23.5. The Hall–Kier alpha value is -5.51. The van der Waals surface area contributed by atoms with Crippen molar-refractivity contribution in [2.24, 2.45) is 10.9 Å². The SMILES string of the molecule is C=CC1CC(C2CC2)=CN1C(=O)c1cc(OC)c(OCCCOc2cc(N=CC3CC(c4ccc(N)cc4)=CN3C=O)c(C)cc2OC)cc1C. The Labute approximate surface area is 299 Å². The van der Waals surface area contributed by atoms with E-state index in [4.69, 9.17) is 29.7 Å². The molecule has 0 saturated heterocycles. The molecule has 0 spiro atoms. The average molecular weight is 691 g/mol. The van der Waals surface area contributed by atoms with Gasteiger partial charge in [-0.05, 0) is 97.2 Å². The molecule has 3 aromatic carbocycles. The molecule has 10 heteroatoms. The van der Waals surface area contributed by atoms with Gasteiger partial charge in [-0.1, -0.05) is 18.2 Å². The number of carbonyl (C=O) groups excluding carboxylic acids is 2. The van der Waals surface area contributed by atoms with Crippen LogP contribution in [0.25, 0.3) is 5.57 Å². The number of carbonyl (C=O) groups is 2. The van der Waals surface area contributed by atoms with Crippen LogP contribution in [-0.2, 0) is 4.79 Å². The standard InChI is InChI=1S/C41H46N4O6/c1-6-33-18-31(28-8-9-28)24-45(33)41(47)35-20-38(49-5)39(16-26(35)2)50-14-7-15-51-40-21-36(27(3)17-37(40)48-4)43-22-34-19-30(23-44(34)25-46)29-10-12-32(42)13-11-29/h6,10-13,16-17,20-25,28,33-34H,1,7-9,14-15,18-19,42H2,2-5H3. The molecular formula is C41H46N4O6. The molecule has 2 unspecified atom stereocenters. The Morgan fingerprint density at radius 2 is 1.57 bits per heavy atom. The third-order valence-electron chi connectivity index (χ3n) is 9.65. The maximum atomic E-state index is 13.6. The van der Waals surface area contributed by atoms with Gasteiger partial charge in [0.25, 0.3) is 5.91 Å². The molecule has 1 fully saturated rings. The van der Waals surface area contributed by atoms with Gasteiger partial charge in [-0.25, -0.2) is 0 Å². The van der Waals surface area contributed by atoms with E-state index in [1.54, 1.807) is 36.3 Å². The number of hydrogen-bond donors (Lipinski definition) is 1. The van der Waals surface area contributed by atoms with Gasteiger partial charge in [0, 0.05) is 48.8 Å². The lowest BCUT2D eigenvalue weighted by atomic mass is 10.0. The number of aryl methyl sites for hydroxylation is 2. The first-order valence-electron chi connectivity index (χ1n) is 17.3. The zero-order chi connectivity index (χ0) is 36.1. The summed E-state index contributed by atoms with van der Waals surface area (Å²) in [4.78, 5) is 33.7. The summed E-state index contributed by atoms with van der Waals surface area (Å²) in [7, 11) is 3.18. The number of aliphatic imine (C=N–C) groups is 1. The summed E-state index contributed by atoms with van der Waals surface area (Å²) in [6, 6.07) is 14.7. The van der Waals surface area contributed by atoms with Gasteiger partial charge in [0.1, 0.15) is 0 Å². The Morgan fingerprint density at radius 1 is 0.902 bits per heavy atom. The van der Waals surface area contributed by atoms with Crippen LogP contribution in [0.1, 0.15) is 59.2 Å². The fourth-order valence-electron chi connectivity index (χ4n) is 6.54. The van der Waals surface area contributed by atoms with E-state index in [9.17, 15) is 9.59 Å². The highest BCUT2D eigenvalue weighted by Gasteiger charge is 2.36. The first-order valence-corrected chi connectivity index (χ1v) is 17.3. The van der Waals surface area contributed by atoms with Crippen LogP contribution < -0.4 is 24.7 Å². The van der Waals surface area contributed by atoms with Crippen LogP contribution in [0.4, 0.5) is 11.4 Å². The van der Waals surface area contributed by atoms with Crippen molar-refractivity contribution in [3.63, 3.8) is 0 Å². The first-order chi connectivity index (χ1) is 24.7. The molecule has 1 saturated carbocycles. The van der Waals surface area contributed by atoms with E-state index in [2.05, 4.69) is 6.58 Å². The molecule has 2 heterocycles. The number of amides is 2. The van der Waals surface area contributed by atoms with Crippen LogP contribution >= 0.6 is 0 Å². The number of ether oxygens (including phenoxy) is 4. The third kappa shape index (κ3) is 7.95. The van der Waals surface area contributed by atoms with Crippen molar-refractivity contribution in [1.82, 2.24) is 9.80 Å². The van der Waals surface area contributed by atoms with Crippen molar-refractivity contribution in [3.05, 3.63) is 101 Å². The summed E-state index contributed by atoms with van der Waals surface area (Å²) in [6.07, 6.45) is 12.8. The molecule has 1 aliphatic carbocycles. The van der Waals surface area contributed by atoms with Crippen LogP contribution in [0.15, 0.2) is 84.2 Å². The highest BCUT2D eigenvalue weighted by molar-refractivity contribution is 5.97. The monoisotopic (exact) mass is 690 g/mol. The van der Waals surface area contributed by atoms with Gasteiger partial charge in [0.05, 0.1) is 45.2 Å². The van der Waals surface area contributed by atoms with Gasteiger partial charge in [-0.3, -0.25) is 14.6 Å². The molecule has 2 N–H and O–H groups in total. The minimum Gasteiger partial charge on any atom is -0.493 e. The highest BCUT2D eigenvalue weighted by atomic mass is 16.5. The third-order valence-corrected chi connectivity index (χ3v) is 9.65. The minimum atomic E-state index is -0.216. The summed E-state index contributed by atoms with van der Waals surface area (Å²) in [5.74, 6) is 2.77. The highest BCUT2D eigenvalue weighted by Crippen LogP contribution is 2.43. The molecule has 10 nitrogen and oxygen atoms in total. The summed E-state index contributed by atoms with van der Waals surface area (Å²) in [6.45, 7) is 8.57. The lowest BCUT2D eigenvalue weighted by molar-refractivity contribution is -0.116. The van der Waals surface area contributed by atoms with Gasteiger partial charge >= 0.3 is 0 Å². The topological polar surface area (TPSA) is 116 Å². The van der Waals surface area contributed by atoms with E-state index < -0.39 is 0 Å². The summed E-state index contributed by atoms with van der Waals surface area (Å²) in [5, 5.41) is 0. The normalized spacial score (nSPS) is 18.4. The van der Waals surface area contributed by atoms with Crippen LogP contribution in [0.5, 0.6) is 23.0 Å². The number of rotatable bonds is 15. The molecule has 0 bridgehead atoms. The van der Waals surface area contributed by atoms with Crippen molar-refractivity contribution in [2.45, 2.75) is 58.0 Å². The largest absolute Gasteiger partial charge is 0.493 e. The molecule has 266 valence electrons. The zero-order valence-electron chi connectivity index (χ0n) is 29.8. The number of methoxy groups -OCH3 is 2. The zero-order valence-corrected chi connectivity index (χ0v) is 29.8. The molecule has 6 rings (SSSR count). The molecule has 0 aromatic heterocycles. The molecule has 0 radical (unpaired) electrons. The lowest BCUT2D eigenvalue weighted by Crippen LogP contribution is -2.31. The minimum absolute atomic E-state index is 0.0314. The molecular weight excluding hydrogens is 644 g/mol. The first kappa shape index (κ1) is 35.3. The van der Waals surface area contributed by atoms with Gasteiger partial charge in [0.2, 0.25) is 6.41 Å². The van der Waals surface area contributed by atoms with Gasteiger partial charge in [0.15, 0.2) is 23.0 Å². The average Bonchev–Trinajstić information content (AvgIpc) is 3.76. The van der Waals surface area contributed by atoms with Crippen molar-refractivity contribution in [2.75, 3.05) is 33.2 Å². The van der Waals surface area contributed by atoms with E-state index in [-0.39, 0.29) is 18.0 Å². The number of hydrogen-bond acceptors (Lipinski definition) is 8. The van der Waals surface area contributed by atoms with Crippen molar-refractivity contribution >= 4 is 35.5 Å². The van der Waals surface area contributed by atoms with Crippen LogP contribution in [0, 0.1) is 19.8 Å². The molecule has 2 atom stereocenters. The summed E-state index contributed by atoms with van der Waals surface area (Å²) in [5.41, 5.74) is 13.0. The number of nitrogens with zero attached hydrogens (tertiary/aromatic N) is 3. The van der Waals surface area contributed by atoms with Gasteiger partial charge in [-0.15, -0.1) is 6.58 Å². The predicted molar refractivity (Wildman–Crippen MR) is 200 cm³/mol. The summed E-state index contributed by atoms with van der Waals surface area (Å²) >= 11 is 0. The smallest absolute Gasteiger partial charge is 0.258 e. The predicted octanol–water partition coefficient (Wildman–Crippen LogP) is 7.42. The number of benzene rings is 3. The maximum Gasteiger partial charge on any atom is 0.258 e. The molecule has 3 aromatic rings. The van der Waals surface area contributed by atoms with Crippen molar-refractivity contribution < 1.29 is 28.5 Å². The van der Waals surface area contributed by atoms with E-state index in [0.717, 1.165) is 40.8 Å². The van der Waals surface area contributed by atoms with Gasteiger partial charge < -0.3 is 34.5 Å². The lowest BCUT2D eigenvalue weighted by Gasteiger charge is -2.22. The van der Waals surface area contributed by atoms with Crippen LogP contribution in [0.2, 0.25) is 0 Å². The second-order valence-electron chi connectivity index (χ2n) is 13.2. The number of anilines is 1. The second kappa shape index (κ2) is 15.6. The van der Waals surface area contributed by atoms with Gasteiger partial charge in [-0.2, -0.15) is 0 Å². The van der Waals surface area contributed by atoms with E-state index in [1.807, 2.05) is 74.8 Å². The van der Waals surface area contributed by atoms with Crippen molar-refractivity contribution in [1.29, 1.82) is 0 Å². The molecule has 2 aliphatic heterocycles. The maximum absolute atomic E-state index is 13.6. The molecule has 3 aliphatic rings. The number of nitrogen functional groups attached to an aromatic ring is 1. The van der Waals surface area contributed by atoms with Crippen molar-refractivity contribution in [3.8, 4) is 23.0 Å². The van der Waals surface area contributed by atoms with E-state index in [1.165, 1.54) is 18.4 Å². The van der Waals surface area contributed by atoms with E-state index in [0.29, 0.717) is 66.2 Å². The Kier molecular flexibility index (Phi) is 10.8. The Morgan fingerprint density at radius 3 is 2.22 bits per heavy atom. The second-order valence-corrected chi connectivity index (χ2v) is 13.2. The molecule has 51 heavy (non-hydrogen) atoms. The fourth-order valence-corrected chi connectivity index (χ4v) is 6.54. The van der Waals surface area contributed by atoms with E-state index >= 15 is 0 Å².